The van der Waals surface area contributed by atoms with Crippen LogP contribution in [0.4, 0.5) is 5.69 Å². The van der Waals surface area contributed by atoms with E-state index in [0.717, 1.165) is 44.2 Å². The highest BCUT2D eigenvalue weighted by Gasteiger charge is 2.20. The Labute approximate surface area is 164 Å². The zero-order valence-electron chi connectivity index (χ0n) is 15.6. The summed E-state index contributed by atoms with van der Waals surface area (Å²) in [5.41, 5.74) is 2.40. The van der Waals surface area contributed by atoms with Gasteiger partial charge in [0, 0.05) is 38.4 Å². The number of benzene rings is 2. The lowest BCUT2D eigenvalue weighted by Crippen LogP contribution is -2.48. The minimum atomic E-state index is -0.0562. The smallest absolute Gasteiger partial charge is 0.238 e. The van der Waals surface area contributed by atoms with Crippen LogP contribution < -0.4 is 14.8 Å². The van der Waals surface area contributed by atoms with Gasteiger partial charge in [0.05, 0.1) is 18.2 Å². The summed E-state index contributed by atoms with van der Waals surface area (Å²) in [6.45, 7) is 5.01. The Morgan fingerprint density at radius 3 is 2.64 bits per heavy atom. The van der Waals surface area contributed by atoms with E-state index in [0.29, 0.717) is 24.6 Å². The second-order valence-electron chi connectivity index (χ2n) is 6.98. The second kappa shape index (κ2) is 8.30. The number of ether oxygens (including phenoxy) is 2. The summed E-state index contributed by atoms with van der Waals surface area (Å²) in [7, 11) is 0. The molecular weight excluding hydrogens is 356 g/mol. The average Bonchev–Trinajstić information content (AvgIpc) is 3.17. The molecule has 28 heavy (non-hydrogen) atoms. The van der Waals surface area contributed by atoms with E-state index in [9.17, 15) is 4.79 Å². The van der Waals surface area contributed by atoms with Crippen LogP contribution >= 0.6 is 0 Å². The van der Waals surface area contributed by atoms with Crippen molar-refractivity contribution in [1.82, 2.24) is 9.80 Å². The lowest BCUT2D eigenvalue weighted by atomic mass is 10.1. The molecule has 1 N–H and O–H groups in total. The van der Waals surface area contributed by atoms with Gasteiger partial charge in [-0.05, 0) is 35.9 Å². The Morgan fingerprint density at radius 2 is 1.82 bits per heavy atom. The van der Waals surface area contributed by atoms with E-state index in [4.69, 9.17) is 14.7 Å². The maximum atomic E-state index is 12.3. The van der Waals surface area contributed by atoms with E-state index in [1.165, 1.54) is 5.56 Å². The minimum Gasteiger partial charge on any atom is -0.454 e. The summed E-state index contributed by atoms with van der Waals surface area (Å²) in [5.74, 6) is 1.56. The molecule has 0 radical (unpaired) electrons. The van der Waals surface area contributed by atoms with Gasteiger partial charge in [0.25, 0.3) is 0 Å². The second-order valence-corrected chi connectivity index (χ2v) is 6.98. The molecule has 7 nitrogen and oxygen atoms in total. The van der Waals surface area contributed by atoms with Crippen molar-refractivity contribution in [1.29, 1.82) is 5.26 Å². The van der Waals surface area contributed by atoms with Crippen LogP contribution in [0.2, 0.25) is 0 Å². The number of nitriles is 1. The van der Waals surface area contributed by atoms with Crippen LogP contribution in [0.25, 0.3) is 0 Å². The molecule has 1 saturated heterocycles. The summed E-state index contributed by atoms with van der Waals surface area (Å²) in [5, 5.41) is 11.8. The standard InChI is InChI=1S/C21H22N4O3/c22-12-16-2-1-3-18(10-16)23-21(26)14-25-8-6-24(7-9-25)13-17-4-5-19-20(11-17)28-15-27-19/h1-5,10-11H,6-9,13-15H2,(H,23,26). The van der Waals surface area contributed by atoms with Crippen molar-refractivity contribution in [2.24, 2.45) is 0 Å². The van der Waals surface area contributed by atoms with Crippen molar-refractivity contribution in [3.05, 3.63) is 53.6 Å². The summed E-state index contributed by atoms with van der Waals surface area (Å²) in [6, 6.07) is 15.1. The maximum absolute atomic E-state index is 12.3. The first-order valence-corrected chi connectivity index (χ1v) is 9.33. The van der Waals surface area contributed by atoms with Gasteiger partial charge in [0.15, 0.2) is 11.5 Å². The normalized spacial score (nSPS) is 16.5. The van der Waals surface area contributed by atoms with Crippen molar-refractivity contribution in [3.8, 4) is 17.6 Å². The molecule has 1 amide bonds. The molecular formula is C21H22N4O3. The molecule has 0 atom stereocenters. The first-order chi connectivity index (χ1) is 13.7. The quantitative estimate of drug-likeness (QED) is 0.858. The van der Waals surface area contributed by atoms with Crippen LogP contribution in [0.5, 0.6) is 11.5 Å². The van der Waals surface area contributed by atoms with Crippen molar-refractivity contribution >= 4 is 11.6 Å². The fourth-order valence-electron chi connectivity index (χ4n) is 3.47. The monoisotopic (exact) mass is 378 g/mol. The van der Waals surface area contributed by atoms with E-state index in [-0.39, 0.29) is 5.91 Å². The number of nitrogens with zero attached hydrogens (tertiary/aromatic N) is 3. The molecule has 1 fully saturated rings. The van der Waals surface area contributed by atoms with Crippen LogP contribution in [0.1, 0.15) is 11.1 Å². The van der Waals surface area contributed by atoms with Gasteiger partial charge in [-0.25, -0.2) is 0 Å². The minimum absolute atomic E-state index is 0.0562. The van der Waals surface area contributed by atoms with Crippen LogP contribution in [0.15, 0.2) is 42.5 Å². The van der Waals surface area contributed by atoms with Crippen LogP contribution in [-0.2, 0) is 11.3 Å². The van der Waals surface area contributed by atoms with E-state index in [1.54, 1.807) is 24.3 Å². The molecule has 2 heterocycles. The largest absolute Gasteiger partial charge is 0.454 e. The molecule has 0 spiro atoms. The molecule has 2 aliphatic heterocycles. The summed E-state index contributed by atoms with van der Waals surface area (Å²) in [4.78, 5) is 16.8. The lowest BCUT2D eigenvalue weighted by molar-refractivity contribution is -0.117. The molecule has 144 valence electrons. The van der Waals surface area contributed by atoms with Crippen molar-refractivity contribution in [2.45, 2.75) is 6.54 Å². The Balaban J connectivity index is 1.24. The zero-order valence-corrected chi connectivity index (χ0v) is 15.6. The summed E-state index contributed by atoms with van der Waals surface area (Å²) in [6.07, 6.45) is 0. The number of carbonyl (C=O) groups excluding carboxylic acids is 1. The molecule has 0 unspecified atom stereocenters. The van der Waals surface area contributed by atoms with Crippen LogP contribution in [-0.4, -0.2) is 55.2 Å². The van der Waals surface area contributed by atoms with Crippen molar-refractivity contribution in [2.75, 3.05) is 44.8 Å². The number of carbonyl (C=O) groups is 1. The van der Waals surface area contributed by atoms with Gasteiger partial charge in [-0.3, -0.25) is 14.6 Å². The first-order valence-electron chi connectivity index (χ1n) is 9.33. The van der Waals surface area contributed by atoms with Gasteiger partial charge in [-0.2, -0.15) is 5.26 Å². The third-order valence-corrected chi connectivity index (χ3v) is 4.95. The van der Waals surface area contributed by atoms with E-state index in [1.807, 2.05) is 12.1 Å². The number of amides is 1. The molecule has 2 aromatic rings. The Kier molecular flexibility index (Phi) is 5.42. The Bertz CT molecular complexity index is 901. The molecule has 2 aromatic carbocycles. The molecule has 0 aromatic heterocycles. The lowest BCUT2D eigenvalue weighted by Gasteiger charge is -2.34. The fourth-order valence-corrected chi connectivity index (χ4v) is 3.47. The van der Waals surface area contributed by atoms with Crippen LogP contribution in [0.3, 0.4) is 0 Å². The SMILES string of the molecule is N#Cc1cccc(NC(=O)CN2CCN(Cc3ccc4c(c3)OCO4)CC2)c1. The van der Waals surface area contributed by atoms with E-state index in [2.05, 4.69) is 27.3 Å². The summed E-state index contributed by atoms with van der Waals surface area (Å²) >= 11 is 0. The maximum Gasteiger partial charge on any atom is 0.238 e. The van der Waals surface area contributed by atoms with E-state index < -0.39 is 0 Å². The van der Waals surface area contributed by atoms with E-state index >= 15 is 0 Å². The predicted octanol–water partition coefficient (Wildman–Crippen LogP) is 2.04. The first kappa shape index (κ1) is 18.3. The molecule has 2 aliphatic rings. The van der Waals surface area contributed by atoms with Gasteiger partial charge in [0.1, 0.15) is 0 Å². The number of hydrogen-bond donors (Lipinski definition) is 1. The zero-order chi connectivity index (χ0) is 19.3. The van der Waals surface area contributed by atoms with Crippen LogP contribution in [0, 0.1) is 11.3 Å². The topological polar surface area (TPSA) is 77.8 Å². The van der Waals surface area contributed by atoms with Gasteiger partial charge in [-0.1, -0.05) is 12.1 Å². The molecule has 4 rings (SSSR count). The number of rotatable bonds is 5. The highest BCUT2D eigenvalue weighted by Crippen LogP contribution is 2.32. The number of anilines is 1. The number of nitrogens with one attached hydrogen (secondary N) is 1. The third kappa shape index (κ3) is 4.42. The van der Waals surface area contributed by atoms with Crippen molar-refractivity contribution < 1.29 is 14.3 Å². The van der Waals surface area contributed by atoms with Crippen molar-refractivity contribution in [3.63, 3.8) is 0 Å². The molecule has 0 bridgehead atoms. The third-order valence-electron chi connectivity index (χ3n) is 4.95. The highest BCUT2D eigenvalue weighted by molar-refractivity contribution is 5.92. The molecule has 7 heteroatoms. The Morgan fingerprint density at radius 1 is 1.04 bits per heavy atom. The average molecular weight is 378 g/mol. The highest BCUT2D eigenvalue weighted by atomic mass is 16.7. The molecule has 0 saturated carbocycles. The van der Waals surface area contributed by atoms with Gasteiger partial charge >= 0.3 is 0 Å². The number of piperazine rings is 1. The fraction of sp³-hybridized carbons (Fsp3) is 0.333. The number of hydrogen-bond acceptors (Lipinski definition) is 6. The summed E-state index contributed by atoms with van der Waals surface area (Å²) < 4.78 is 10.8. The number of fused-ring (bicyclic) bond motifs is 1. The van der Waals surface area contributed by atoms with Gasteiger partial charge in [-0.15, -0.1) is 0 Å². The van der Waals surface area contributed by atoms with Gasteiger partial charge in [0.2, 0.25) is 12.7 Å². The predicted molar refractivity (Wildman–Crippen MR) is 104 cm³/mol. The Hall–Kier alpha value is -3.08. The van der Waals surface area contributed by atoms with Gasteiger partial charge < -0.3 is 14.8 Å². The molecule has 0 aliphatic carbocycles.